The molecule has 0 bridgehead atoms. The van der Waals surface area contributed by atoms with Crippen molar-refractivity contribution >= 4 is 10.9 Å². The third kappa shape index (κ3) is 1.40. The van der Waals surface area contributed by atoms with Crippen LogP contribution < -0.4 is 0 Å². The maximum atomic E-state index is 12.7. The van der Waals surface area contributed by atoms with Gasteiger partial charge in [-0.3, -0.25) is 0 Å². The molecule has 0 N–H and O–H groups in total. The van der Waals surface area contributed by atoms with Gasteiger partial charge in [0.2, 0.25) is 0 Å². The smallest absolute Gasteiger partial charge is 0.340 e. The van der Waals surface area contributed by atoms with E-state index in [1.807, 2.05) is 0 Å². The van der Waals surface area contributed by atoms with Gasteiger partial charge in [0.15, 0.2) is 0 Å². The van der Waals surface area contributed by atoms with Gasteiger partial charge in [-0.25, -0.2) is 0 Å². The van der Waals surface area contributed by atoms with E-state index >= 15 is 0 Å². The Labute approximate surface area is 85.1 Å². The summed E-state index contributed by atoms with van der Waals surface area (Å²) in [5, 5.41) is 0.660. The first-order valence-corrected chi connectivity index (χ1v) is 4.54. The second-order valence-corrected chi connectivity index (χ2v) is 3.55. The van der Waals surface area contributed by atoms with Gasteiger partial charge in [-0.15, -0.1) is 0 Å². The molecule has 0 aliphatic carbocycles. The fourth-order valence-corrected chi connectivity index (χ4v) is 1.99. The van der Waals surface area contributed by atoms with Gasteiger partial charge in [0.05, 0.1) is 0 Å². The number of hydrogen-bond acceptors (Lipinski definition) is 0. The number of rotatable bonds is 0. The van der Waals surface area contributed by atoms with Crippen LogP contribution in [0.5, 0.6) is 0 Å². The first kappa shape index (κ1) is 10.1. The summed E-state index contributed by atoms with van der Waals surface area (Å²) >= 11 is 0. The highest BCUT2D eigenvalue weighted by Crippen LogP contribution is 2.36. The molecule has 0 radical (unpaired) electrons. The number of para-hydroxylation sites is 1. The zero-order valence-corrected chi connectivity index (χ0v) is 8.39. The van der Waals surface area contributed by atoms with Crippen LogP contribution in [0.2, 0.25) is 0 Å². The Morgan fingerprint density at radius 3 is 2.27 bits per heavy atom. The monoisotopic (exact) mass is 213 g/mol. The summed E-state index contributed by atoms with van der Waals surface area (Å²) in [6, 6.07) is 6.88. The van der Waals surface area contributed by atoms with Crippen molar-refractivity contribution in [3.05, 3.63) is 35.5 Å². The fraction of sp³-hybridized carbons (Fsp3) is 0.273. The molecule has 1 aromatic heterocycles. The number of nitrogens with zero attached hydrogens (tertiary/aromatic N) is 1. The normalized spacial score (nSPS) is 12.3. The van der Waals surface area contributed by atoms with Crippen molar-refractivity contribution in [2.75, 3.05) is 0 Å². The van der Waals surface area contributed by atoms with Crippen LogP contribution in [0.1, 0.15) is 11.3 Å². The van der Waals surface area contributed by atoms with Crippen LogP contribution >= 0.6 is 0 Å². The number of alkyl halides is 3. The van der Waals surface area contributed by atoms with E-state index in [0.29, 0.717) is 16.5 Å². The van der Waals surface area contributed by atoms with Gasteiger partial charge < -0.3 is 4.57 Å². The molecule has 0 amide bonds. The number of benzene rings is 1. The number of aromatic nitrogens is 1. The van der Waals surface area contributed by atoms with E-state index in [0.717, 1.165) is 0 Å². The molecule has 1 heterocycles. The van der Waals surface area contributed by atoms with Gasteiger partial charge in [0, 0.05) is 18.0 Å². The molecule has 2 aromatic rings. The first-order valence-electron chi connectivity index (χ1n) is 4.54. The molecule has 0 aliphatic rings. The Morgan fingerprint density at radius 2 is 1.73 bits per heavy atom. The zero-order valence-electron chi connectivity index (χ0n) is 8.39. The molecule has 0 fully saturated rings. The number of fused-ring (bicyclic) bond motifs is 1. The molecule has 1 nitrogen and oxygen atoms in total. The van der Waals surface area contributed by atoms with E-state index in [9.17, 15) is 13.2 Å². The van der Waals surface area contributed by atoms with Crippen molar-refractivity contribution in [1.29, 1.82) is 0 Å². The first-order chi connectivity index (χ1) is 6.93. The van der Waals surface area contributed by atoms with Crippen molar-refractivity contribution in [2.24, 2.45) is 7.05 Å². The van der Waals surface area contributed by atoms with Gasteiger partial charge >= 0.3 is 6.18 Å². The molecule has 0 aliphatic heterocycles. The Kier molecular flexibility index (Phi) is 2.03. The van der Waals surface area contributed by atoms with Gasteiger partial charge in [-0.05, 0) is 18.6 Å². The zero-order chi connectivity index (χ0) is 11.2. The van der Waals surface area contributed by atoms with E-state index < -0.39 is 11.9 Å². The van der Waals surface area contributed by atoms with Crippen LogP contribution in [0, 0.1) is 6.92 Å². The standard InChI is InChI=1S/C11H10F3N/c1-7-8-5-3-4-6-9(8)15(2)10(7)11(12,13)14/h3-6H,1-2H3. The van der Waals surface area contributed by atoms with Crippen LogP contribution in [0.25, 0.3) is 10.9 Å². The highest BCUT2D eigenvalue weighted by atomic mass is 19.4. The van der Waals surface area contributed by atoms with Crippen molar-refractivity contribution in [2.45, 2.75) is 13.1 Å². The Morgan fingerprint density at radius 1 is 1.13 bits per heavy atom. The third-order valence-corrected chi connectivity index (χ3v) is 2.63. The van der Waals surface area contributed by atoms with Crippen LogP contribution in [0.4, 0.5) is 13.2 Å². The molecule has 0 saturated heterocycles. The van der Waals surface area contributed by atoms with E-state index in [1.165, 1.54) is 18.5 Å². The van der Waals surface area contributed by atoms with Gasteiger partial charge in [-0.2, -0.15) is 13.2 Å². The molecule has 15 heavy (non-hydrogen) atoms. The lowest BCUT2D eigenvalue weighted by Crippen LogP contribution is -2.12. The minimum Gasteiger partial charge on any atom is -0.340 e. The molecule has 80 valence electrons. The summed E-state index contributed by atoms with van der Waals surface area (Å²) in [6.45, 7) is 1.51. The van der Waals surface area contributed by atoms with Crippen LogP contribution in [0.15, 0.2) is 24.3 Å². The molecule has 2 rings (SSSR count). The Bertz CT molecular complexity index is 469. The lowest BCUT2D eigenvalue weighted by Gasteiger charge is -2.09. The summed E-state index contributed by atoms with van der Waals surface area (Å²) in [5.74, 6) is 0. The minimum atomic E-state index is -4.29. The second-order valence-electron chi connectivity index (χ2n) is 3.55. The molecular formula is C11H10F3N. The van der Waals surface area contributed by atoms with Crippen molar-refractivity contribution in [3.8, 4) is 0 Å². The minimum absolute atomic E-state index is 0.292. The number of aryl methyl sites for hydroxylation is 2. The van der Waals surface area contributed by atoms with Crippen LogP contribution in [-0.4, -0.2) is 4.57 Å². The number of hydrogen-bond donors (Lipinski definition) is 0. The largest absolute Gasteiger partial charge is 0.431 e. The lowest BCUT2D eigenvalue weighted by molar-refractivity contribution is -0.143. The summed E-state index contributed by atoms with van der Waals surface area (Å²) in [6.07, 6.45) is -4.29. The van der Waals surface area contributed by atoms with E-state index in [1.54, 1.807) is 24.3 Å². The average molecular weight is 213 g/mol. The Balaban J connectivity index is 2.87. The van der Waals surface area contributed by atoms with Crippen LogP contribution in [-0.2, 0) is 13.2 Å². The maximum Gasteiger partial charge on any atom is 0.431 e. The molecule has 0 saturated carbocycles. The average Bonchev–Trinajstić information content (AvgIpc) is 2.39. The van der Waals surface area contributed by atoms with Crippen LogP contribution in [0.3, 0.4) is 0 Å². The second kappa shape index (κ2) is 3.02. The topological polar surface area (TPSA) is 4.93 Å². The van der Waals surface area contributed by atoms with Gasteiger partial charge in [0.25, 0.3) is 0 Å². The fourth-order valence-electron chi connectivity index (χ4n) is 1.99. The molecule has 1 aromatic carbocycles. The predicted octanol–water partition coefficient (Wildman–Crippen LogP) is 3.51. The molecule has 0 unspecified atom stereocenters. The third-order valence-electron chi connectivity index (χ3n) is 2.63. The quantitative estimate of drug-likeness (QED) is 0.631. The van der Waals surface area contributed by atoms with E-state index in [2.05, 4.69) is 0 Å². The van der Waals surface area contributed by atoms with Crippen molar-refractivity contribution in [1.82, 2.24) is 4.57 Å². The predicted molar refractivity (Wildman–Crippen MR) is 52.7 cm³/mol. The summed E-state index contributed by atoms with van der Waals surface area (Å²) in [4.78, 5) is 0. The summed E-state index contributed by atoms with van der Waals surface area (Å²) < 4.78 is 39.4. The van der Waals surface area contributed by atoms with Crippen molar-refractivity contribution in [3.63, 3.8) is 0 Å². The molecular weight excluding hydrogens is 203 g/mol. The summed E-state index contributed by atoms with van der Waals surface area (Å²) in [7, 11) is 1.44. The Hall–Kier alpha value is -1.45. The maximum absolute atomic E-state index is 12.7. The van der Waals surface area contributed by atoms with Gasteiger partial charge in [-0.1, -0.05) is 18.2 Å². The van der Waals surface area contributed by atoms with Gasteiger partial charge in [0.1, 0.15) is 5.69 Å². The number of halogens is 3. The van der Waals surface area contributed by atoms with Crippen molar-refractivity contribution < 1.29 is 13.2 Å². The molecule has 0 atom stereocenters. The highest BCUT2D eigenvalue weighted by Gasteiger charge is 2.36. The van der Waals surface area contributed by atoms with E-state index in [-0.39, 0.29) is 0 Å². The lowest BCUT2D eigenvalue weighted by atomic mass is 10.1. The SMILES string of the molecule is Cc1c(C(F)(F)F)n(C)c2ccccc12. The summed E-state index contributed by atoms with van der Waals surface area (Å²) in [5.41, 5.74) is 0.339. The highest BCUT2D eigenvalue weighted by molar-refractivity contribution is 5.85. The molecule has 0 spiro atoms. The van der Waals surface area contributed by atoms with E-state index in [4.69, 9.17) is 0 Å². The molecule has 4 heteroatoms.